The third-order valence-electron chi connectivity index (χ3n) is 3.19. The molecule has 0 aliphatic heterocycles. The third-order valence-corrected chi connectivity index (χ3v) is 3.19. The van der Waals surface area contributed by atoms with Crippen molar-refractivity contribution >= 4 is 17.5 Å². The summed E-state index contributed by atoms with van der Waals surface area (Å²) in [5.41, 5.74) is 0.498. The Morgan fingerprint density at radius 3 is 2.50 bits per heavy atom. The number of pyridine rings is 1. The van der Waals surface area contributed by atoms with Crippen LogP contribution in [0.15, 0.2) is 28.9 Å². The first-order chi connectivity index (χ1) is 10.6. The van der Waals surface area contributed by atoms with Crippen molar-refractivity contribution in [2.45, 2.75) is 33.6 Å². The predicted molar refractivity (Wildman–Crippen MR) is 86.2 cm³/mol. The van der Waals surface area contributed by atoms with Crippen LogP contribution in [0.25, 0.3) is 0 Å². The van der Waals surface area contributed by atoms with Crippen molar-refractivity contribution in [3.63, 3.8) is 0 Å². The van der Waals surface area contributed by atoms with Gasteiger partial charge in [0, 0.05) is 25.4 Å². The highest BCUT2D eigenvalue weighted by molar-refractivity contribution is 6.03. The molecule has 2 aromatic rings. The van der Waals surface area contributed by atoms with Gasteiger partial charge in [0.2, 0.25) is 0 Å². The lowest BCUT2D eigenvalue weighted by Crippen LogP contribution is -2.26. The molecule has 0 aliphatic carbocycles. The van der Waals surface area contributed by atoms with Crippen LogP contribution in [0.4, 0.5) is 11.6 Å². The van der Waals surface area contributed by atoms with Crippen molar-refractivity contribution in [1.82, 2.24) is 10.1 Å². The maximum absolute atomic E-state index is 12.1. The van der Waals surface area contributed by atoms with Crippen LogP contribution in [0, 0.1) is 6.92 Å². The van der Waals surface area contributed by atoms with E-state index in [9.17, 15) is 4.79 Å². The first-order valence-electron chi connectivity index (χ1n) is 7.59. The van der Waals surface area contributed by atoms with Crippen molar-refractivity contribution in [3.05, 3.63) is 35.7 Å². The van der Waals surface area contributed by atoms with Crippen LogP contribution in [0.5, 0.6) is 0 Å². The molecule has 6 nitrogen and oxygen atoms in total. The van der Waals surface area contributed by atoms with Crippen LogP contribution < -0.4 is 10.2 Å². The second-order valence-electron chi connectivity index (χ2n) is 5.17. The number of rotatable bonds is 7. The number of nitrogens with zero attached hydrogens (tertiary/aromatic N) is 3. The molecule has 22 heavy (non-hydrogen) atoms. The fourth-order valence-electron chi connectivity index (χ4n) is 2.20. The second-order valence-corrected chi connectivity index (χ2v) is 5.17. The number of carbonyl (C=O) groups is 1. The summed E-state index contributed by atoms with van der Waals surface area (Å²) in [5.74, 6) is 1.71. The number of aryl methyl sites for hydroxylation is 1. The summed E-state index contributed by atoms with van der Waals surface area (Å²) in [7, 11) is 0. The Hall–Kier alpha value is -2.37. The third kappa shape index (κ3) is 4.07. The van der Waals surface area contributed by atoms with Gasteiger partial charge >= 0.3 is 0 Å². The average Bonchev–Trinajstić information content (AvgIpc) is 2.92. The highest BCUT2D eigenvalue weighted by Crippen LogP contribution is 2.14. The minimum Gasteiger partial charge on any atom is -0.360 e. The summed E-state index contributed by atoms with van der Waals surface area (Å²) >= 11 is 0. The number of aromatic nitrogens is 2. The number of amides is 1. The van der Waals surface area contributed by atoms with Crippen molar-refractivity contribution in [3.8, 4) is 0 Å². The molecular weight excluding hydrogens is 280 g/mol. The molecule has 0 unspecified atom stereocenters. The van der Waals surface area contributed by atoms with Crippen LogP contribution in [-0.2, 0) is 0 Å². The number of hydrogen-bond donors (Lipinski definition) is 1. The van der Waals surface area contributed by atoms with Crippen molar-refractivity contribution in [1.29, 1.82) is 0 Å². The highest BCUT2D eigenvalue weighted by Gasteiger charge is 2.11. The van der Waals surface area contributed by atoms with Gasteiger partial charge in [-0.15, -0.1) is 0 Å². The number of hydrogen-bond acceptors (Lipinski definition) is 5. The summed E-state index contributed by atoms with van der Waals surface area (Å²) in [4.78, 5) is 18.7. The zero-order chi connectivity index (χ0) is 15.9. The number of anilines is 2. The Labute approximate surface area is 130 Å². The fraction of sp³-hybridized carbons (Fsp3) is 0.438. The maximum atomic E-state index is 12.1. The van der Waals surface area contributed by atoms with Gasteiger partial charge in [-0.05, 0) is 31.9 Å². The van der Waals surface area contributed by atoms with Crippen LogP contribution in [0.3, 0.4) is 0 Å². The molecule has 0 atom stereocenters. The molecule has 0 aromatic carbocycles. The van der Waals surface area contributed by atoms with E-state index in [1.54, 1.807) is 25.3 Å². The number of nitrogens with one attached hydrogen (secondary N) is 1. The van der Waals surface area contributed by atoms with E-state index in [-0.39, 0.29) is 5.91 Å². The number of carbonyl (C=O) groups excluding carboxylic acids is 1. The van der Waals surface area contributed by atoms with Crippen LogP contribution in [0.1, 0.15) is 42.8 Å². The highest BCUT2D eigenvalue weighted by atomic mass is 16.5. The van der Waals surface area contributed by atoms with Gasteiger partial charge in [0.15, 0.2) is 5.82 Å². The molecule has 2 aromatic heterocycles. The average molecular weight is 302 g/mol. The molecule has 2 heterocycles. The monoisotopic (exact) mass is 302 g/mol. The zero-order valence-corrected chi connectivity index (χ0v) is 13.3. The second kappa shape index (κ2) is 7.59. The van der Waals surface area contributed by atoms with Gasteiger partial charge in [-0.1, -0.05) is 19.0 Å². The largest absolute Gasteiger partial charge is 0.360 e. The molecule has 2 rings (SSSR count). The van der Waals surface area contributed by atoms with Crippen LogP contribution in [-0.4, -0.2) is 29.1 Å². The molecule has 118 valence electrons. The molecule has 0 spiro atoms. The van der Waals surface area contributed by atoms with Gasteiger partial charge in [-0.2, -0.15) is 0 Å². The van der Waals surface area contributed by atoms with Crippen LogP contribution >= 0.6 is 0 Å². The van der Waals surface area contributed by atoms with Gasteiger partial charge in [0.25, 0.3) is 5.91 Å². The Balaban J connectivity index is 2.05. The smallest absolute Gasteiger partial charge is 0.258 e. The summed E-state index contributed by atoms with van der Waals surface area (Å²) in [5, 5.41) is 6.42. The first kappa shape index (κ1) is 16.0. The first-order valence-corrected chi connectivity index (χ1v) is 7.59. The van der Waals surface area contributed by atoms with Crippen molar-refractivity contribution in [2.75, 3.05) is 23.3 Å². The lowest BCUT2D eigenvalue weighted by atomic mass is 10.2. The lowest BCUT2D eigenvalue weighted by molar-refractivity contribution is 0.102. The molecule has 0 saturated carbocycles. The van der Waals surface area contributed by atoms with E-state index in [1.165, 1.54) is 0 Å². The van der Waals surface area contributed by atoms with E-state index < -0.39 is 0 Å². The molecule has 6 heteroatoms. The van der Waals surface area contributed by atoms with E-state index in [2.05, 4.69) is 34.2 Å². The van der Waals surface area contributed by atoms with E-state index in [0.29, 0.717) is 17.1 Å². The minimum absolute atomic E-state index is 0.245. The van der Waals surface area contributed by atoms with E-state index >= 15 is 0 Å². The summed E-state index contributed by atoms with van der Waals surface area (Å²) in [6, 6.07) is 5.33. The summed E-state index contributed by atoms with van der Waals surface area (Å²) in [6.45, 7) is 7.99. The lowest BCUT2D eigenvalue weighted by Gasteiger charge is -2.22. The minimum atomic E-state index is -0.245. The van der Waals surface area contributed by atoms with E-state index in [1.807, 2.05) is 6.07 Å². The quantitative estimate of drug-likeness (QED) is 0.850. The summed E-state index contributed by atoms with van der Waals surface area (Å²) in [6.07, 6.45) is 3.72. The molecule has 0 saturated heterocycles. The standard InChI is InChI=1S/C16H22N4O2/c1-4-8-20(9-5-2)15-7-6-13(11-17-15)16(21)18-14-10-12(3)22-19-14/h6-7,10-11H,4-5,8-9H2,1-3H3,(H,18,19,21). The van der Waals surface area contributed by atoms with Gasteiger partial charge in [0.05, 0.1) is 5.56 Å². The molecule has 1 amide bonds. The zero-order valence-electron chi connectivity index (χ0n) is 13.3. The Bertz CT molecular complexity index is 601. The van der Waals surface area contributed by atoms with Crippen molar-refractivity contribution in [2.24, 2.45) is 0 Å². The molecule has 0 radical (unpaired) electrons. The van der Waals surface area contributed by atoms with E-state index in [0.717, 1.165) is 31.7 Å². The van der Waals surface area contributed by atoms with Crippen molar-refractivity contribution < 1.29 is 9.32 Å². The fourth-order valence-corrected chi connectivity index (χ4v) is 2.20. The molecule has 1 N–H and O–H groups in total. The van der Waals surface area contributed by atoms with Crippen LogP contribution in [0.2, 0.25) is 0 Å². The SMILES string of the molecule is CCCN(CCC)c1ccc(C(=O)Nc2cc(C)on2)cn1. The summed E-state index contributed by atoms with van der Waals surface area (Å²) < 4.78 is 4.92. The molecular formula is C16H22N4O2. The molecule has 0 aliphatic rings. The van der Waals surface area contributed by atoms with Gasteiger partial charge in [0.1, 0.15) is 11.6 Å². The Kier molecular flexibility index (Phi) is 5.52. The Morgan fingerprint density at radius 1 is 1.27 bits per heavy atom. The maximum Gasteiger partial charge on any atom is 0.258 e. The topological polar surface area (TPSA) is 71.3 Å². The van der Waals surface area contributed by atoms with Gasteiger partial charge < -0.3 is 14.7 Å². The Morgan fingerprint density at radius 2 is 2.00 bits per heavy atom. The van der Waals surface area contributed by atoms with Gasteiger partial charge in [-0.3, -0.25) is 4.79 Å². The van der Waals surface area contributed by atoms with E-state index in [4.69, 9.17) is 4.52 Å². The normalized spacial score (nSPS) is 10.5. The predicted octanol–water partition coefficient (Wildman–Crippen LogP) is 3.26. The van der Waals surface area contributed by atoms with Gasteiger partial charge in [-0.25, -0.2) is 4.98 Å². The molecule has 0 fully saturated rings. The molecule has 0 bridgehead atoms.